The van der Waals surface area contributed by atoms with Gasteiger partial charge in [-0.2, -0.15) is 0 Å². The maximum atomic E-state index is 12.1. The summed E-state index contributed by atoms with van der Waals surface area (Å²) in [6.07, 6.45) is 3.45. The number of amides is 1. The minimum Gasteiger partial charge on any atom is -0.480 e. The molecule has 19 heavy (non-hydrogen) atoms. The number of aliphatic carboxylic acids is 1. The fourth-order valence-electron chi connectivity index (χ4n) is 1.68. The van der Waals surface area contributed by atoms with E-state index in [1.54, 1.807) is 16.8 Å². The van der Waals surface area contributed by atoms with Crippen molar-refractivity contribution in [3.05, 3.63) is 35.1 Å². The average molecular weight is 329 g/mol. The summed E-state index contributed by atoms with van der Waals surface area (Å²) in [5.41, 5.74) is 0.428. The van der Waals surface area contributed by atoms with E-state index in [4.69, 9.17) is 5.11 Å². The van der Waals surface area contributed by atoms with Gasteiger partial charge < -0.3 is 15.0 Å². The third kappa shape index (κ3) is 3.96. The molecule has 0 saturated heterocycles. The van der Waals surface area contributed by atoms with Gasteiger partial charge in [0.05, 0.1) is 0 Å². The Morgan fingerprint density at radius 2 is 2.21 bits per heavy atom. The Balaban J connectivity index is 2.94. The van der Waals surface area contributed by atoms with Crippen LogP contribution < -0.4 is 5.32 Å². The molecule has 0 aliphatic heterocycles. The summed E-state index contributed by atoms with van der Waals surface area (Å²) in [5.74, 6) is -1.48. The molecule has 5 nitrogen and oxygen atoms in total. The van der Waals surface area contributed by atoms with Crippen LogP contribution in [0.1, 0.15) is 36.8 Å². The van der Waals surface area contributed by atoms with Gasteiger partial charge in [-0.3, -0.25) is 4.79 Å². The van der Waals surface area contributed by atoms with Crippen molar-refractivity contribution >= 4 is 27.8 Å². The quantitative estimate of drug-likeness (QED) is 0.788. The molecule has 0 aliphatic carbocycles. The number of rotatable bonds is 6. The van der Waals surface area contributed by atoms with E-state index in [0.29, 0.717) is 5.69 Å². The minimum absolute atomic E-state index is 0.106. The topological polar surface area (TPSA) is 71.3 Å². The summed E-state index contributed by atoms with van der Waals surface area (Å²) in [6, 6.07) is 0.816. The number of carboxylic acids is 1. The number of hydrogen-bond acceptors (Lipinski definition) is 2. The standard InChI is InChI=1S/C13H17BrN2O3/c1-4-5-10(13(18)19)15-12(17)11-6-9(14)7-16(11)8(2)3/h4,6-8,10H,1,5H2,2-3H3,(H,15,17)(H,18,19). The normalized spacial score (nSPS) is 12.2. The molecule has 1 heterocycles. The van der Waals surface area contributed by atoms with Gasteiger partial charge in [0, 0.05) is 16.7 Å². The SMILES string of the molecule is C=CCC(NC(=O)c1cc(Br)cn1C(C)C)C(=O)O. The van der Waals surface area contributed by atoms with Crippen LogP contribution in [-0.4, -0.2) is 27.6 Å². The molecule has 1 amide bonds. The molecule has 0 saturated carbocycles. The van der Waals surface area contributed by atoms with E-state index >= 15 is 0 Å². The number of carbonyl (C=O) groups is 2. The van der Waals surface area contributed by atoms with Crippen LogP contribution in [0.15, 0.2) is 29.4 Å². The number of nitrogens with one attached hydrogen (secondary N) is 1. The molecule has 0 aromatic carbocycles. The van der Waals surface area contributed by atoms with Crippen LogP contribution in [0.5, 0.6) is 0 Å². The Bertz CT molecular complexity index is 494. The minimum atomic E-state index is -1.07. The van der Waals surface area contributed by atoms with Crippen LogP contribution >= 0.6 is 15.9 Å². The highest BCUT2D eigenvalue weighted by molar-refractivity contribution is 9.10. The first-order valence-corrected chi connectivity index (χ1v) is 6.68. The zero-order chi connectivity index (χ0) is 14.6. The van der Waals surface area contributed by atoms with E-state index < -0.39 is 17.9 Å². The predicted octanol–water partition coefficient (Wildman–Crippen LogP) is 2.59. The van der Waals surface area contributed by atoms with E-state index in [1.807, 2.05) is 13.8 Å². The Kier molecular flexibility index (Phi) is 5.35. The van der Waals surface area contributed by atoms with E-state index in [2.05, 4.69) is 27.8 Å². The predicted molar refractivity (Wildman–Crippen MR) is 76.2 cm³/mol. The molecule has 0 fully saturated rings. The Morgan fingerprint density at radius 1 is 1.58 bits per heavy atom. The van der Waals surface area contributed by atoms with Gasteiger partial charge in [0.15, 0.2) is 0 Å². The number of carbonyl (C=O) groups excluding carboxylic acids is 1. The van der Waals surface area contributed by atoms with Crippen molar-refractivity contribution in [3.63, 3.8) is 0 Å². The van der Waals surface area contributed by atoms with Crippen molar-refractivity contribution in [2.24, 2.45) is 0 Å². The van der Waals surface area contributed by atoms with Crippen LogP contribution in [0.4, 0.5) is 0 Å². The molecular weight excluding hydrogens is 312 g/mol. The van der Waals surface area contributed by atoms with Crippen LogP contribution in [0.25, 0.3) is 0 Å². The van der Waals surface area contributed by atoms with Gasteiger partial charge in [-0.15, -0.1) is 6.58 Å². The first kappa shape index (κ1) is 15.5. The molecule has 0 aliphatic rings. The monoisotopic (exact) mass is 328 g/mol. The van der Waals surface area contributed by atoms with Gasteiger partial charge >= 0.3 is 5.97 Å². The summed E-state index contributed by atoms with van der Waals surface area (Å²) in [5, 5.41) is 11.5. The molecule has 6 heteroatoms. The third-order valence-electron chi connectivity index (χ3n) is 2.61. The van der Waals surface area contributed by atoms with E-state index in [0.717, 1.165) is 4.47 Å². The van der Waals surface area contributed by atoms with Gasteiger partial charge in [0.2, 0.25) is 0 Å². The highest BCUT2D eigenvalue weighted by Crippen LogP contribution is 2.19. The Morgan fingerprint density at radius 3 is 2.68 bits per heavy atom. The van der Waals surface area contributed by atoms with Gasteiger partial charge in [-0.05, 0) is 42.3 Å². The number of hydrogen-bond donors (Lipinski definition) is 2. The lowest BCUT2D eigenvalue weighted by Crippen LogP contribution is -2.41. The molecule has 2 N–H and O–H groups in total. The fraction of sp³-hybridized carbons (Fsp3) is 0.385. The molecule has 0 spiro atoms. The maximum Gasteiger partial charge on any atom is 0.326 e. The van der Waals surface area contributed by atoms with Crippen molar-refractivity contribution in [1.82, 2.24) is 9.88 Å². The third-order valence-corrected chi connectivity index (χ3v) is 3.04. The van der Waals surface area contributed by atoms with Crippen molar-refractivity contribution in [2.75, 3.05) is 0 Å². The fourth-order valence-corrected chi connectivity index (χ4v) is 2.11. The van der Waals surface area contributed by atoms with Gasteiger partial charge in [0.1, 0.15) is 11.7 Å². The summed E-state index contributed by atoms with van der Waals surface area (Å²) >= 11 is 3.31. The van der Waals surface area contributed by atoms with Crippen LogP contribution in [-0.2, 0) is 4.79 Å². The maximum absolute atomic E-state index is 12.1. The second kappa shape index (κ2) is 6.56. The summed E-state index contributed by atoms with van der Waals surface area (Å²) in [6.45, 7) is 7.38. The lowest BCUT2D eigenvalue weighted by molar-refractivity contribution is -0.139. The molecule has 1 atom stereocenters. The number of carboxylic acid groups (broad SMARTS) is 1. The van der Waals surface area contributed by atoms with Gasteiger partial charge in [-0.25, -0.2) is 4.79 Å². The van der Waals surface area contributed by atoms with E-state index in [1.165, 1.54) is 6.08 Å². The number of aromatic nitrogens is 1. The highest BCUT2D eigenvalue weighted by Gasteiger charge is 2.22. The summed E-state index contributed by atoms with van der Waals surface area (Å²) in [4.78, 5) is 23.1. The lowest BCUT2D eigenvalue weighted by atomic mass is 10.2. The Hall–Kier alpha value is -1.56. The summed E-state index contributed by atoms with van der Waals surface area (Å²) in [7, 11) is 0. The molecule has 0 bridgehead atoms. The van der Waals surface area contributed by atoms with Crippen molar-refractivity contribution in [2.45, 2.75) is 32.4 Å². The van der Waals surface area contributed by atoms with Gasteiger partial charge in [-0.1, -0.05) is 6.08 Å². The molecule has 1 aromatic heterocycles. The van der Waals surface area contributed by atoms with Crippen LogP contribution in [0, 0.1) is 0 Å². The first-order valence-electron chi connectivity index (χ1n) is 5.88. The molecule has 1 rings (SSSR count). The smallest absolute Gasteiger partial charge is 0.326 e. The second-order valence-corrected chi connectivity index (χ2v) is 5.35. The molecule has 0 radical (unpaired) electrons. The zero-order valence-electron chi connectivity index (χ0n) is 10.9. The lowest BCUT2D eigenvalue weighted by Gasteiger charge is -2.15. The van der Waals surface area contributed by atoms with E-state index in [9.17, 15) is 9.59 Å². The largest absolute Gasteiger partial charge is 0.480 e. The Labute approximate surface area is 120 Å². The molecule has 1 unspecified atom stereocenters. The second-order valence-electron chi connectivity index (χ2n) is 4.43. The molecule has 104 valence electrons. The van der Waals surface area contributed by atoms with E-state index in [-0.39, 0.29) is 12.5 Å². The first-order chi connectivity index (χ1) is 8.86. The highest BCUT2D eigenvalue weighted by atomic mass is 79.9. The summed E-state index contributed by atoms with van der Waals surface area (Å²) < 4.78 is 2.56. The molecular formula is C13H17BrN2O3. The van der Waals surface area contributed by atoms with Crippen LogP contribution in [0.3, 0.4) is 0 Å². The van der Waals surface area contributed by atoms with Crippen molar-refractivity contribution < 1.29 is 14.7 Å². The van der Waals surface area contributed by atoms with Crippen LogP contribution in [0.2, 0.25) is 0 Å². The van der Waals surface area contributed by atoms with Crippen molar-refractivity contribution in [3.8, 4) is 0 Å². The average Bonchev–Trinajstić information content (AvgIpc) is 2.70. The van der Waals surface area contributed by atoms with Crippen molar-refractivity contribution in [1.29, 1.82) is 0 Å². The molecule has 1 aromatic rings. The number of nitrogens with zero attached hydrogens (tertiary/aromatic N) is 1. The number of halogens is 1. The zero-order valence-corrected chi connectivity index (χ0v) is 12.5. The van der Waals surface area contributed by atoms with Gasteiger partial charge in [0.25, 0.3) is 5.91 Å².